The van der Waals surface area contributed by atoms with Crippen molar-refractivity contribution in [1.82, 2.24) is 20.4 Å². The normalized spacial score (nSPS) is 10.7. The van der Waals surface area contributed by atoms with Gasteiger partial charge in [0, 0.05) is 5.56 Å². The Balaban J connectivity index is 2.15. The fourth-order valence-electron chi connectivity index (χ4n) is 1.88. The highest BCUT2D eigenvalue weighted by molar-refractivity contribution is 5.94. The Morgan fingerprint density at radius 1 is 1.15 bits per heavy atom. The van der Waals surface area contributed by atoms with Crippen molar-refractivity contribution >= 4 is 16.9 Å². The minimum atomic E-state index is -0.456. The molecule has 0 saturated carbocycles. The highest BCUT2D eigenvalue weighted by atomic mass is 16.3. The fourth-order valence-corrected chi connectivity index (χ4v) is 1.88. The minimum Gasteiger partial charge on any atom is -0.506 e. The first kappa shape index (κ1) is 12.1. The number of phenols is 1. The molecule has 0 radical (unpaired) electrons. The third kappa shape index (κ3) is 1.95. The summed E-state index contributed by atoms with van der Waals surface area (Å²) >= 11 is 0. The molecule has 0 aliphatic heterocycles. The number of aromatic nitrogens is 3. The quantitative estimate of drug-likeness (QED) is 0.361. The molecule has 4 N–H and O–H groups in total. The second-order valence-corrected chi connectivity index (χ2v) is 4.16. The molecule has 0 aliphatic carbocycles. The van der Waals surface area contributed by atoms with Crippen molar-refractivity contribution in [2.24, 2.45) is 5.84 Å². The summed E-state index contributed by atoms with van der Waals surface area (Å²) in [5, 5.41) is 18.4. The van der Waals surface area contributed by atoms with Crippen LogP contribution < -0.4 is 11.3 Å². The molecule has 1 heterocycles. The van der Waals surface area contributed by atoms with Crippen molar-refractivity contribution in [3.8, 4) is 11.4 Å². The second kappa shape index (κ2) is 4.63. The summed E-state index contributed by atoms with van der Waals surface area (Å²) in [6, 6.07) is 11.6. The van der Waals surface area contributed by atoms with Crippen molar-refractivity contribution in [3.63, 3.8) is 0 Å². The maximum Gasteiger partial charge on any atom is 0.265 e. The van der Waals surface area contributed by atoms with E-state index in [0.717, 1.165) is 0 Å². The van der Waals surface area contributed by atoms with Crippen LogP contribution in [0.5, 0.6) is 5.75 Å². The van der Waals surface area contributed by atoms with Gasteiger partial charge in [-0.05, 0) is 30.3 Å². The van der Waals surface area contributed by atoms with E-state index in [1.165, 1.54) is 23.0 Å². The molecule has 1 aromatic heterocycles. The monoisotopic (exact) mass is 269 g/mol. The molecule has 0 bridgehead atoms. The van der Waals surface area contributed by atoms with Gasteiger partial charge >= 0.3 is 0 Å². The van der Waals surface area contributed by atoms with Gasteiger partial charge in [-0.25, -0.2) is 5.84 Å². The Bertz CT molecular complexity index is 763. The van der Waals surface area contributed by atoms with Gasteiger partial charge in [-0.2, -0.15) is 0 Å². The van der Waals surface area contributed by atoms with E-state index in [1.807, 2.05) is 29.7 Å². The first-order chi connectivity index (χ1) is 9.69. The number of carbonyl (C=O) groups is 1. The fraction of sp³-hybridized carbons (Fsp3) is 0. The van der Waals surface area contributed by atoms with Gasteiger partial charge in [-0.15, -0.1) is 15.0 Å². The number of hydrogen-bond donors (Lipinski definition) is 3. The summed E-state index contributed by atoms with van der Waals surface area (Å²) in [4.78, 5) is 12.8. The van der Waals surface area contributed by atoms with E-state index in [-0.39, 0.29) is 5.75 Å². The van der Waals surface area contributed by atoms with Gasteiger partial charge < -0.3 is 5.11 Å². The van der Waals surface area contributed by atoms with Crippen LogP contribution in [0.3, 0.4) is 0 Å². The summed E-state index contributed by atoms with van der Waals surface area (Å²) in [6.07, 6.45) is 0. The molecular formula is C13H11N5O2. The minimum absolute atomic E-state index is 0.0288. The van der Waals surface area contributed by atoms with E-state index in [0.29, 0.717) is 22.3 Å². The topological polar surface area (TPSA) is 106 Å². The summed E-state index contributed by atoms with van der Waals surface area (Å²) in [5.41, 5.74) is 4.04. The zero-order valence-corrected chi connectivity index (χ0v) is 10.3. The maximum absolute atomic E-state index is 11.5. The van der Waals surface area contributed by atoms with Crippen LogP contribution in [0, 0.1) is 0 Å². The third-order valence-corrected chi connectivity index (χ3v) is 2.87. The number of nitrogens with zero attached hydrogens (tertiary/aromatic N) is 3. The molecule has 2 aromatic carbocycles. The molecule has 0 atom stereocenters. The van der Waals surface area contributed by atoms with Crippen molar-refractivity contribution in [3.05, 3.63) is 48.0 Å². The van der Waals surface area contributed by atoms with E-state index in [2.05, 4.69) is 10.2 Å². The van der Waals surface area contributed by atoms with Gasteiger partial charge in [-0.1, -0.05) is 12.1 Å². The molecule has 7 heteroatoms. The van der Waals surface area contributed by atoms with Crippen LogP contribution in [0.1, 0.15) is 10.4 Å². The number of nitrogens with one attached hydrogen (secondary N) is 1. The summed E-state index contributed by atoms with van der Waals surface area (Å²) in [7, 11) is 0. The van der Waals surface area contributed by atoms with Gasteiger partial charge in [0.05, 0.1) is 0 Å². The van der Waals surface area contributed by atoms with Gasteiger partial charge in [-0.3, -0.25) is 10.2 Å². The number of nitrogen functional groups attached to an aromatic ring is 1. The Labute approximate surface area is 113 Å². The van der Waals surface area contributed by atoms with Crippen molar-refractivity contribution in [1.29, 1.82) is 0 Å². The standard InChI is InChI=1S/C13H11N5O2/c14-15-13(20)8-5-6-12(19)11(7-8)18-16-9-3-1-2-4-10(9)17-18/h1-7,19H,14H2,(H,15,20). The van der Waals surface area contributed by atoms with Crippen LogP contribution in [0.4, 0.5) is 0 Å². The van der Waals surface area contributed by atoms with Gasteiger partial charge in [0.15, 0.2) is 0 Å². The predicted octanol–water partition coefficient (Wildman–Crippen LogP) is 0.730. The van der Waals surface area contributed by atoms with E-state index >= 15 is 0 Å². The average molecular weight is 269 g/mol. The third-order valence-electron chi connectivity index (χ3n) is 2.87. The lowest BCUT2D eigenvalue weighted by Crippen LogP contribution is -2.30. The maximum atomic E-state index is 11.5. The second-order valence-electron chi connectivity index (χ2n) is 4.16. The van der Waals surface area contributed by atoms with Gasteiger partial charge in [0.2, 0.25) is 0 Å². The predicted molar refractivity (Wildman–Crippen MR) is 72.2 cm³/mol. The Morgan fingerprint density at radius 2 is 1.80 bits per heavy atom. The van der Waals surface area contributed by atoms with Crippen LogP contribution in [0.25, 0.3) is 16.7 Å². The molecule has 100 valence electrons. The van der Waals surface area contributed by atoms with E-state index in [4.69, 9.17) is 5.84 Å². The largest absolute Gasteiger partial charge is 0.506 e. The lowest BCUT2D eigenvalue weighted by Gasteiger charge is -2.05. The highest BCUT2D eigenvalue weighted by Crippen LogP contribution is 2.22. The van der Waals surface area contributed by atoms with E-state index < -0.39 is 5.91 Å². The van der Waals surface area contributed by atoms with Crippen LogP contribution in [0.2, 0.25) is 0 Å². The summed E-state index contributed by atoms with van der Waals surface area (Å²) < 4.78 is 0. The number of hydrogen-bond acceptors (Lipinski definition) is 5. The van der Waals surface area contributed by atoms with Crippen LogP contribution >= 0.6 is 0 Å². The molecule has 0 spiro atoms. The number of amides is 1. The molecule has 0 unspecified atom stereocenters. The van der Waals surface area contributed by atoms with Crippen molar-refractivity contribution < 1.29 is 9.90 Å². The Kier molecular flexibility index (Phi) is 2.81. The molecule has 0 aliphatic rings. The Hall–Kier alpha value is -2.93. The molecule has 0 fully saturated rings. The van der Waals surface area contributed by atoms with E-state index in [9.17, 15) is 9.90 Å². The smallest absolute Gasteiger partial charge is 0.265 e. The number of nitrogens with two attached hydrogens (primary N) is 1. The summed E-state index contributed by atoms with van der Waals surface area (Å²) in [6.45, 7) is 0. The molecular weight excluding hydrogens is 258 g/mol. The van der Waals surface area contributed by atoms with Crippen LogP contribution in [-0.2, 0) is 0 Å². The summed E-state index contributed by atoms with van der Waals surface area (Å²) in [5.74, 6) is 4.61. The lowest BCUT2D eigenvalue weighted by molar-refractivity contribution is 0.0953. The number of aromatic hydroxyl groups is 1. The first-order valence-corrected chi connectivity index (χ1v) is 5.85. The van der Waals surface area contributed by atoms with Crippen LogP contribution in [-0.4, -0.2) is 26.0 Å². The zero-order valence-electron chi connectivity index (χ0n) is 10.3. The zero-order chi connectivity index (χ0) is 14.1. The van der Waals surface area contributed by atoms with Gasteiger partial charge in [0.1, 0.15) is 22.5 Å². The first-order valence-electron chi connectivity index (χ1n) is 5.85. The molecule has 7 nitrogen and oxygen atoms in total. The van der Waals surface area contributed by atoms with Crippen LogP contribution in [0.15, 0.2) is 42.5 Å². The Morgan fingerprint density at radius 3 is 2.40 bits per heavy atom. The van der Waals surface area contributed by atoms with Crippen molar-refractivity contribution in [2.45, 2.75) is 0 Å². The molecule has 3 rings (SSSR count). The number of hydrazine groups is 1. The SMILES string of the molecule is NNC(=O)c1ccc(O)c(-n2nc3ccccc3n2)c1. The highest BCUT2D eigenvalue weighted by Gasteiger charge is 2.12. The molecule has 1 amide bonds. The average Bonchev–Trinajstić information content (AvgIpc) is 2.90. The number of benzene rings is 2. The molecule has 3 aromatic rings. The molecule has 20 heavy (non-hydrogen) atoms. The van der Waals surface area contributed by atoms with Gasteiger partial charge in [0.25, 0.3) is 5.91 Å². The number of carbonyl (C=O) groups excluding carboxylic acids is 1. The number of fused-ring (bicyclic) bond motifs is 1. The van der Waals surface area contributed by atoms with E-state index in [1.54, 1.807) is 0 Å². The number of rotatable bonds is 2. The molecule has 0 saturated heterocycles. The number of phenolic OH excluding ortho intramolecular Hbond substituents is 1. The lowest BCUT2D eigenvalue weighted by atomic mass is 10.2. The van der Waals surface area contributed by atoms with Crippen molar-refractivity contribution in [2.75, 3.05) is 0 Å².